The molecule has 0 radical (unpaired) electrons. The number of piperidine rings is 1. The van der Waals surface area contributed by atoms with Crippen molar-refractivity contribution in [3.05, 3.63) is 39.9 Å². The second-order valence-electron chi connectivity index (χ2n) is 8.79. The van der Waals surface area contributed by atoms with Crippen LogP contribution in [0.3, 0.4) is 0 Å². The van der Waals surface area contributed by atoms with E-state index in [0.717, 1.165) is 0 Å². The van der Waals surface area contributed by atoms with E-state index >= 15 is 0 Å². The number of hydrogen-bond acceptors (Lipinski definition) is 6. The number of nitrogens with zero attached hydrogens (tertiary/aromatic N) is 3. The summed E-state index contributed by atoms with van der Waals surface area (Å²) in [7, 11) is 0. The van der Waals surface area contributed by atoms with Crippen LogP contribution in [0.25, 0.3) is 0 Å². The average molecular weight is 478 g/mol. The van der Waals surface area contributed by atoms with Gasteiger partial charge in [-0.1, -0.05) is 55.8 Å². The number of halogens is 1. The highest BCUT2D eigenvalue weighted by atomic mass is 35.5. The van der Waals surface area contributed by atoms with E-state index in [1.807, 2.05) is 25.7 Å². The van der Waals surface area contributed by atoms with E-state index < -0.39 is 5.41 Å². The highest BCUT2D eigenvalue weighted by Crippen LogP contribution is 2.25. The first-order chi connectivity index (χ1) is 15.1. The molecule has 1 saturated heterocycles. The van der Waals surface area contributed by atoms with Gasteiger partial charge in [-0.05, 0) is 25.0 Å². The largest absolute Gasteiger partial charge is 0.352 e. The molecule has 2 heterocycles. The van der Waals surface area contributed by atoms with Gasteiger partial charge < -0.3 is 15.5 Å². The SMILES string of the molecule is CC(C)(C)C(=O)N1CCC(C(=O)Nc2nnc(CCNC(=O)c3ccccc3Cl)s2)CC1. The summed E-state index contributed by atoms with van der Waals surface area (Å²) in [5.74, 6) is -0.375. The minimum atomic E-state index is -0.412. The van der Waals surface area contributed by atoms with Gasteiger partial charge in [0.2, 0.25) is 16.9 Å². The van der Waals surface area contributed by atoms with Crippen LogP contribution in [0.4, 0.5) is 5.13 Å². The van der Waals surface area contributed by atoms with Crippen molar-refractivity contribution in [2.45, 2.75) is 40.0 Å². The predicted molar refractivity (Wildman–Crippen MR) is 125 cm³/mol. The van der Waals surface area contributed by atoms with Gasteiger partial charge >= 0.3 is 0 Å². The Morgan fingerprint density at radius 2 is 1.84 bits per heavy atom. The van der Waals surface area contributed by atoms with Gasteiger partial charge in [-0.25, -0.2) is 0 Å². The van der Waals surface area contributed by atoms with Crippen LogP contribution >= 0.6 is 22.9 Å². The van der Waals surface area contributed by atoms with Crippen LogP contribution in [0.1, 0.15) is 49.0 Å². The number of hydrogen-bond donors (Lipinski definition) is 2. The van der Waals surface area contributed by atoms with Crippen LogP contribution in [0.5, 0.6) is 0 Å². The van der Waals surface area contributed by atoms with Crippen LogP contribution in [0.2, 0.25) is 5.02 Å². The molecule has 0 bridgehead atoms. The summed E-state index contributed by atoms with van der Waals surface area (Å²) in [5, 5.41) is 15.3. The molecule has 0 aliphatic carbocycles. The van der Waals surface area contributed by atoms with Crippen molar-refractivity contribution >= 4 is 45.8 Å². The lowest BCUT2D eigenvalue weighted by Crippen LogP contribution is -2.45. The number of nitrogens with one attached hydrogen (secondary N) is 2. The molecule has 32 heavy (non-hydrogen) atoms. The fourth-order valence-corrected chi connectivity index (χ4v) is 4.42. The number of carbonyl (C=O) groups excluding carboxylic acids is 3. The molecule has 3 amide bonds. The third-order valence-corrected chi connectivity index (χ3v) is 6.46. The molecule has 2 N–H and O–H groups in total. The third kappa shape index (κ3) is 6.26. The molecular weight excluding hydrogens is 450 g/mol. The number of anilines is 1. The van der Waals surface area contributed by atoms with Gasteiger partial charge in [-0.2, -0.15) is 0 Å². The Hall–Kier alpha value is -2.52. The quantitative estimate of drug-likeness (QED) is 0.663. The van der Waals surface area contributed by atoms with E-state index in [-0.39, 0.29) is 23.6 Å². The number of aromatic nitrogens is 2. The lowest BCUT2D eigenvalue weighted by Gasteiger charge is -2.35. The van der Waals surface area contributed by atoms with Crippen LogP contribution in [-0.4, -0.2) is 52.5 Å². The van der Waals surface area contributed by atoms with Crippen LogP contribution in [0.15, 0.2) is 24.3 Å². The van der Waals surface area contributed by atoms with Crippen molar-refractivity contribution < 1.29 is 14.4 Å². The van der Waals surface area contributed by atoms with E-state index in [1.54, 1.807) is 24.3 Å². The number of amides is 3. The molecular formula is C22H28ClN5O3S. The minimum Gasteiger partial charge on any atom is -0.352 e. The Balaban J connectivity index is 1.43. The molecule has 0 atom stereocenters. The van der Waals surface area contributed by atoms with E-state index in [9.17, 15) is 14.4 Å². The van der Waals surface area contributed by atoms with Gasteiger partial charge in [0, 0.05) is 37.4 Å². The second-order valence-corrected chi connectivity index (χ2v) is 10.3. The van der Waals surface area contributed by atoms with Crippen molar-refractivity contribution in [2.24, 2.45) is 11.3 Å². The van der Waals surface area contributed by atoms with E-state index in [4.69, 9.17) is 11.6 Å². The van der Waals surface area contributed by atoms with Crippen molar-refractivity contribution in [1.82, 2.24) is 20.4 Å². The van der Waals surface area contributed by atoms with Gasteiger partial charge in [-0.15, -0.1) is 10.2 Å². The Morgan fingerprint density at radius 3 is 2.50 bits per heavy atom. The summed E-state index contributed by atoms with van der Waals surface area (Å²) in [6.07, 6.45) is 1.76. The lowest BCUT2D eigenvalue weighted by molar-refractivity contribution is -0.142. The van der Waals surface area contributed by atoms with Crippen LogP contribution in [0, 0.1) is 11.3 Å². The predicted octanol–water partition coefficient (Wildman–Crippen LogP) is 3.39. The zero-order valence-electron chi connectivity index (χ0n) is 18.5. The molecule has 172 valence electrons. The highest BCUT2D eigenvalue weighted by molar-refractivity contribution is 7.15. The maximum Gasteiger partial charge on any atom is 0.252 e. The molecule has 3 rings (SSSR count). The second kappa shape index (κ2) is 10.4. The zero-order chi connectivity index (χ0) is 23.3. The normalized spacial score (nSPS) is 14.8. The number of benzene rings is 1. The van der Waals surface area contributed by atoms with Gasteiger partial charge in [0.25, 0.3) is 5.91 Å². The summed E-state index contributed by atoms with van der Waals surface area (Å²) in [6, 6.07) is 6.86. The average Bonchev–Trinajstić information content (AvgIpc) is 3.20. The van der Waals surface area contributed by atoms with Gasteiger partial charge in [0.1, 0.15) is 5.01 Å². The van der Waals surface area contributed by atoms with E-state index in [0.29, 0.717) is 59.6 Å². The smallest absolute Gasteiger partial charge is 0.252 e. The Bertz CT molecular complexity index is 980. The molecule has 1 aromatic carbocycles. The fraction of sp³-hybridized carbons (Fsp3) is 0.500. The summed E-state index contributed by atoms with van der Waals surface area (Å²) < 4.78 is 0. The number of carbonyl (C=O) groups is 3. The van der Waals surface area contributed by atoms with Gasteiger partial charge in [-0.3, -0.25) is 14.4 Å². The van der Waals surface area contributed by atoms with Gasteiger partial charge in [0.15, 0.2) is 0 Å². The zero-order valence-corrected chi connectivity index (χ0v) is 20.1. The monoisotopic (exact) mass is 477 g/mol. The first-order valence-corrected chi connectivity index (χ1v) is 11.8. The molecule has 1 aromatic heterocycles. The molecule has 1 aliphatic rings. The molecule has 10 heteroatoms. The molecule has 1 fully saturated rings. The number of rotatable bonds is 6. The van der Waals surface area contributed by atoms with Crippen LogP contribution < -0.4 is 10.6 Å². The summed E-state index contributed by atoms with van der Waals surface area (Å²) in [5.41, 5.74) is 0.0138. The topological polar surface area (TPSA) is 104 Å². The first-order valence-electron chi connectivity index (χ1n) is 10.6. The fourth-order valence-electron chi connectivity index (χ4n) is 3.46. The molecule has 0 spiro atoms. The van der Waals surface area contributed by atoms with Crippen molar-refractivity contribution in [3.63, 3.8) is 0 Å². The minimum absolute atomic E-state index is 0.0948. The molecule has 2 aromatic rings. The summed E-state index contributed by atoms with van der Waals surface area (Å²) in [6.45, 7) is 7.27. The lowest BCUT2D eigenvalue weighted by atomic mass is 9.91. The summed E-state index contributed by atoms with van der Waals surface area (Å²) in [4.78, 5) is 39.0. The van der Waals surface area contributed by atoms with E-state index in [2.05, 4.69) is 20.8 Å². The molecule has 0 saturated carbocycles. The van der Waals surface area contributed by atoms with Crippen molar-refractivity contribution in [1.29, 1.82) is 0 Å². The third-order valence-electron chi connectivity index (χ3n) is 5.23. The maximum atomic E-state index is 12.6. The maximum absolute atomic E-state index is 12.6. The summed E-state index contributed by atoms with van der Waals surface area (Å²) >= 11 is 7.32. The van der Waals surface area contributed by atoms with Crippen molar-refractivity contribution in [2.75, 3.05) is 25.0 Å². The van der Waals surface area contributed by atoms with Crippen LogP contribution in [-0.2, 0) is 16.0 Å². The number of likely N-dealkylation sites (tertiary alicyclic amines) is 1. The standard InChI is InChI=1S/C22H28ClN5O3S/c1-22(2,3)20(31)28-12-9-14(10-13-28)18(29)25-21-27-26-17(32-21)8-11-24-19(30)15-6-4-5-7-16(15)23/h4-7,14H,8-13H2,1-3H3,(H,24,30)(H,25,27,29). The first kappa shape index (κ1) is 24.1. The van der Waals surface area contributed by atoms with E-state index in [1.165, 1.54) is 11.3 Å². The molecule has 0 unspecified atom stereocenters. The van der Waals surface area contributed by atoms with Gasteiger partial charge in [0.05, 0.1) is 10.6 Å². The Kier molecular flexibility index (Phi) is 7.84. The molecule has 1 aliphatic heterocycles. The Labute approximate surface area is 196 Å². The van der Waals surface area contributed by atoms with Crippen molar-refractivity contribution in [3.8, 4) is 0 Å². The Morgan fingerprint density at radius 1 is 1.16 bits per heavy atom. The highest BCUT2D eigenvalue weighted by Gasteiger charge is 2.32. The molecule has 8 nitrogen and oxygen atoms in total.